The highest BCUT2D eigenvalue weighted by molar-refractivity contribution is 7.80. The number of halogens is 2. The predicted molar refractivity (Wildman–Crippen MR) is 54.3 cm³/mol. The second-order valence-corrected chi connectivity index (χ2v) is 3.27. The number of ether oxygens (including phenoxy) is 1. The van der Waals surface area contributed by atoms with Gasteiger partial charge in [0.05, 0.1) is 6.07 Å². The monoisotopic (exact) mass is 229 g/mol. The lowest BCUT2D eigenvalue weighted by atomic mass is 10.1. The van der Waals surface area contributed by atoms with Crippen LogP contribution in [0.4, 0.5) is 8.78 Å². The Balaban J connectivity index is 2.93. The van der Waals surface area contributed by atoms with E-state index in [1.54, 1.807) is 12.1 Å². The molecule has 0 saturated heterocycles. The van der Waals surface area contributed by atoms with Crippen LogP contribution in [0.25, 0.3) is 0 Å². The standard InChI is InChI=1S/C10H9F2NOS/c11-10(12)14-8-4-1-5-9(15)7(8)3-2-6-13/h1,4-5,10,15H,2-3H2. The van der Waals surface area contributed by atoms with Gasteiger partial charge in [-0.3, -0.25) is 0 Å². The van der Waals surface area contributed by atoms with E-state index in [-0.39, 0.29) is 12.2 Å². The molecule has 5 heteroatoms. The molecule has 15 heavy (non-hydrogen) atoms. The van der Waals surface area contributed by atoms with Crippen LogP contribution in [0.5, 0.6) is 5.75 Å². The van der Waals surface area contributed by atoms with Gasteiger partial charge in [0.2, 0.25) is 0 Å². The summed E-state index contributed by atoms with van der Waals surface area (Å²) >= 11 is 4.13. The van der Waals surface area contributed by atoms with Crippen LogP contribution >= 0.6 is 12.6 Å². The molecule has 0 saturated carbocycles. The number of rotatable bonds is 4. The number of thiol groups is 1. The first-order valence-electron chi connectivity index (χ1n) is 4.27. The summed E-state index contributed by atoms with van der Waals surface area (Å²) in [6.45, 7) is -2.86. The van der Waals surface area contributed by atoms with E-state index in [1.165, 1.54) is 6.07 Å². The van der Waals surface area contributed by atoms with Gasteiger partial charge in [0.25, 0.3) is 0 Å². The minimum atomic E-state index is -2.86. The van der Waals surface area contributed by atoms with Crippen molar-refractivity contribution in [3.05, 3.63) is 23.8 Å². The van der Waals surface area contributed by atoms with Gasteiger partial charge in [-0.2, -0.15) is 14.0 Å². The minimum Gasteiger partial charge on any atom is -0.435 e. The number of alkyl halides is 2. The van der Waals surface area contributed by atoms with Crippen molar-refractivity contribution in [1.82, 2.24) is 0 Å². The molecular weight excluding hydrogens is 220 g/mol. The molecule has 0 unspecified atom stereocenters. The van der Waals surface area contributed by atoms with Crippen LogP contribution in [-0.2, 0) is 6.42 Å². The summed E-state index contributed by atoms with van der Waals surface area (Å²) in [5, 5.41) is 8.43. The van der Waals surface area contributed by atoms with E-state index in [9.17, 15) is 8.78 Å². The van der Waals surface area contributed by atoms with Gasteiger partial charge in [0.15, 0.2) is 0 Å². The van der Waals surface area contributed by atoms with Crippen molar-refractivity contribution in [2.24, 2.45) is 0 Å². The molecular formula is C10H9F2NOS. The van der Waals surface area contributed by atoms with Gasteiger partial charge in [-0.1, -0.05) is 6.07 Å². The van der Waals surface area contributed by atoms with Crippen LogP contribution in [0.2, 0.25) is 0 Å². The Morgan fingerprint density at radius 1 is 1.47 bits per heavy atom. The largest absolute Gasteiger partial charge is 0.435 e. The third-order valence-electron chi connectivity index (χ3n) is 1.81. The molecule has 0 radical (unpaired) electrons. The van der Waals surface area contributed by atoms with Crippen LogP contribution in [0.15, 0.2) is 23.1 Å². The lowest BCUT2D eigenvalue weighted by Gasteiger charge is -2.11. The second kappa shape index (κ2) is 5.56. The van der Waals surface area contributed by atoms with Gasteiger partial charge < -0.3 is 4.74 Å². The van der Waals surface area contributed by atoms with E-state index >= 15 is 0 Å². The van der Waals surface area contributed by atoms with Crippen molar-refractivity contribution < 1.29 is 13.5 Å². The molecule has 0 aliphatic rings. The molecule has 80 valence electrons. The van der Waals surface area contributed by atoms with Crippen LogP contribution in [0.3, 0.4) is 0 Å². The van der Waals surface area contributed by atoms with Crippen molar-refractivity contribution in [2.45, 2.75) is 24.3 Å². The summed E-state index contributed by atoms with van der Waals surface area (Å²) in [4.78, 5) is 0.559. The fourth-order valence-corrected chi connectivity index (χ4v) is 1.50. The Hall–Kier alpha value is -1.28. The van der Waals surface area contributed by atoms with Crippen molar-refractivity contribution in [3.8, 4) is 11.8 Å². The number of nitriles is 1. The fraction of sp³-hybridized carbons (Fsp3) is 0.300. The van der Waals surface area contributed by atoms with Gasteiger partial charge in [-0.15, -0.1) is 12.6 Å². The third-order valence-corrected chi connectivity index (χ3v) is 2.23. The van der Waals surface area contributed by atoms with Crippen LogP contribution in [-0.4, -0.2) is 6.61 Å². The molecule has 0 aliphatic carbocycles. The van der Waals surface area contributed by atoms with E-state index in [4.69, 9.17) is 5.26 Å². The lowest BCUT2D eigenvalue weighted by molar-refractivity contribution is -0.0506. The molecule has 0 aliphatic heterocycles. The van der Waals surface area contributed by atoms with Gasteiger partial charge in [0.1, 0.15) is 5.75 Å². The molecule has 0 fully saturated rings. The summed E-state index contributed by atoms with van der Waals surface area (Å²) in [5.41, 5.74) is 0.544. The van der Waals surface area contributed by atoms with Crippen molar-refractivity contribution >= 4 is 12.6 Å². The zero-order valence-corrected chi connectivity index (χ0v) is 8.68. The number of hydrogen-bond donors (Lipinski definition) is 1. The fourth-order valence-electron chi connectivity index (χ4n) is 1.19. The number of hydrogen-bond acceptors (Lipinski definition) is 3. The highest BCUT2D eigenvalue weighted by Gasteiger charge is 2.11. The SMILES string of the molecule is N#CCCc1c(S)cccc1OC(F)F. The maximum absolute atomic E-state index is 12.0. The van der Waals surface area contributed by atoms with E-state index in [2.05, 4.69) is 17.4 Å². The molecule has 2 nitrogen and oxygen atoms in total. The lowest BCUT2D eigenvalue weighted by Crippen LogP contribution is -2.04. The van der Waals surface area contributed by atoms with Crippen LogP contribution in [0, 0.1) is 11.3 Å². The van der Waals surface area contributed by atoms with Gasteiger partial charge in [0, 0.05) is 16.9 Å². The smallest absolute Gasteiger partial charge is 0.387 e. The summed E-state index contributed by atoms with van der Waals surface area (Å²) < 4.78 is 28.4. The first-order chi connectivity index (χ1) is 7.15. The molecule has 0 heterocycles. The first-order valence-corrected chi connectivity index (χ1v) is 4.72. The zero-order chi connectivity index (χ0) is 11.3. The van der Waals surface area contributed by atoms with E-state index < -0.39 is 6.61 Å². The van der Waals surface area contributed by atoms with Crippen LogP contribution < -0.4 is 4.74 Å². The zero-order valence-electron chi connectivity index (χ0n) is 7.78. The molecule has 0 bridgehead atoms. The molecule has 0 amide bonds. The Bertz CT molecular complexity index is 376. The van der Waals surface area contributed by atoms with E-state index in [1.807, 2.05) is 6.07 Å². The predicted octanol–water partition coefficient (Wildman–Crippen LogP) is 3.03. The molecule has 0 spiro atoms. The minimum absolute atomic E-state index is 0.0905. The maximum atomic E-state index is 12.0. The Kier molecular flexibility index (Phi) is 4.37. The second-order valence-electron chi connectivity index (χ2n) is 2.79. The summed E-state index contributed by atoms with van der Waals surface area (Å²) in [5.74, 6) is 0.0905. The van der Waals surface area contributed by atoms with Gasteiger partial charge in [-0.25, -0.2) is 0 Å². The summed E-state index contributed by atoms with van der Waals surface area (Å²) in [6, 6.07) is 6.64. The number of nitrogens with zero attached hydrogens (tertiary/aromatic N) is 1. The highest BCUT2D eigenvalue weighted by Crippen LogP contribution is 2.27. The Morgan fingerprint density at radius 3 is 2.80 bits per heavy atom. The Morgan fingerprint density at radius 2 is 2.20 bits per heavy atom. The third kappa shape index (κ3) is 3.40. The van der Waals surface area contributed by atoms with E-state index in [0.717, 1.165) is 0 Å². The summed E-state index contributed by atoms with van der Waals surface area (Å²) in [6.07, 6.45) is 0.607. The van der Waals surface area contributed by atoms with Gasteiger partial charge >= 0.3 is 6.61 Å². The molecule has 1 aromatic rings. The molecule has 1 aromatic carbocycles. The average molecular weight is 229 g/mol. The molecule has 0 N–H and O–H groups in total. The van der Waals surface area contributed by atoms with Crippen molar-refractivity contribution in [2.75, 3.05) is 0 Å². The molecule has 1 rings (SSSR count). The van der Waals surface area contributed by atoms with Crippen LogP contribution in [0.1, 0.15) is 12.0 Å². The molecule has 0 aromatic heterocycles. The maximum Gasteiger partial charge on any atom is 0.387 e. The average Bonchev–Trinajstić information content (AvgIpc) is 2.16. The van der Waals surface area contributed by atoms with Crippen molar-refractivity contribution in [3.63, 3.8) is 0 Å². The normalized spacial score (nSPS) is 10.1. The van der Waals surface area contributed by atoms with E-state index in [0.29, 0.717) is 16.9 Å². The Labute approximate surface area is 91.9 Å². The number of benzene rings is 1. The quantitative estimate of drug-likeness (QED) is 0.805. The summed E-state index contributed by atoms with van der Waals surface area (Å²) in [7, 11) is 0. The molecule has 0 atom stereocenters. The highest BCUT2D eigenvalue weighted by atomic mass is 32.1. The van der Waals surface area contributed by atoms with Crippen molar-refractivity contribution in [1.29, 1.82) is 5.26 Å². The topological polar surface area (TPSA) is 33.0 Å². The first kappa shape index (κ1) is 11.8. The van der Waals surface area contributed by atoms with Gasteiger partial charge in [-0.05, 0) is 18.6 Å².